The van der Waals surface area contributed by atoms with Crippen LogP contribution in [0.5, 0.6) is 0 Å². The maximum absolute atomic E-state index is 13.2. The molecule has 2 heterocycles. The first-order valence-corrected chi connectivity index (χ1v) is 8.80. The third-order valence-electron chi connectivity index (χ3n) is 4.61. The SMILES string of the molecule is CCc1cnc(C)nc1NC1CC(=O)N(Cc2ccccc2C(F)(F)F)C1. The van der Waals surface area contributed by atoms with Gasteiger partial charge in [0.25, 0.3) is 0 Å². The molecule has 1 aliphatic rings. The molecule has 1 aliphatic heterocycles. The summed E-state index contributed by atoms with van der Waals surface area (Å²) in [5, 5.41) is 3.26. The van der Waals surface area contributed by atoms with Gasteiger partial charge >= 0.3 is 6.18 Å². The van der Waals surface area contributed by atoms with Gasteiger partial charge in [-0.05, 0) is 25.0 Å². The number of aromatic nitrogens is 2. The van der Waals surface area contributed by atoms with Crippen molar-refractivity contribution in [1.82, 2.24) is 14.9 Å². The van der Waals surface area contributed by atoms with Crippen molar-refractivity contribution in [2.24, 2.45) is 0 Å². The number of rotatable bonds is 5. The zero-order valence-corrected chi connectivity index (χ0v) is 15.2. The van der Waals surface area contributed by atoms with E-state index in [4.69, 9.17) is 0 Å². The molecule has 144 valence electrons. The van der Waals surface area contributed by atoms with E-state index < -0.39 is 11.7 Å². The second kappa shape index (κ2) is 7.54. The molecule has 0 aliphatic carbocycles. The van der Waals surface area contributed by atoms with Crippen LogP contribution in [0.25, 0.3) is 0 Å². The van der Waals surface area contributed by atoms with Crippen LogP contribution in [0.2, 0.25) is 0 Å². The van der Waals surface area contributed by atoms with Gasteiger partial charge in [-0.15, -0.1) is 0 Å². The first kappa shape index (κ1) is 19.1. The number of nitrogens with one attached hydrogen (secondary N) is 1. The number of nitrogens with zero attached hydrogens (tertiary/aromatic N) is 3. The average Bonchev–Trinajstić information content (AvgIpc) is 2.94. The maximum atomic E-state index is 13.2. The summed E-state index contributed by atoms with van der Waals surface area (Å²) in [5.74, 6) is 1.13. The summed E-state index contributed by atoms with van der Waals surface area (Å²) in [5.41, 5.74) is 0.342. The molecule has 8 heteroatoms. The summed E-state index contributed by atoms with van der Waals surface area (Å²) in [4.78, 5) is 22.3. The number of carbonyl (C=O) groups excluding carboxylic acids is 1. The van der Waals surface area contributed by atoms with Crippen LogP contribution in [0.1, 0.15) is 35.9 Å². The van der Waals surface area contributed by atoms with Crippen molar-refractivity contribution in [1.29, 1.82) is 0 Å². The van der Waals surface area contributed by atoms with E-state index in [1.807, 2.05) is 6.92 Å². The van der Waals surface area contributed by atoms with Gasteiger partial charge in [-0.1, -0.05) is 25.1 Å². The molecule has 1 amide bonds. The Morgan fingerprint density at radius 3 is 2.70 bits per heavy atom. The van der Waals surface area contributed by atoms with Gasteiger partial charge in [-0.3, -0.25) is 4.79 Å². The Balaban J connectivity index is 1.73. The highest BCUT2D eigenvalue weighted by Crippen LogP contribution is 2.33. The van der Waals surface area contributed by atoms with Crippen molar-refractivity contribution in [2.45, 2.75) is 45.5 Å². The van der Waals surface area contributed by atoms with Crippen LogP contribution < -0.4 is 5.32 Å². The molecule has 0 radical (unpaired) electrons. The molecule has 0 bridgehead atoms. The van der Waals surface area contributed by atoms with E-state index in [0.717, 1.165) is 18.1 Å². The monoisotopic (exact) mass is 378 g/mol. The highest BCUT2D eigenvalue weighted by Gasteiger charge is 2.35. The molecule has 2 aromatic rings. The van der Waals surface area contributed by atoms with Gasteiger partial charge in [-0.25, -0.2) is 9.97 Å². The fraction of sp³-hybridized carbons (Fsp3) is 0.421. The number of anilines is 1. The van der Waals surface area contributed by atoms with Crippen LogP contribution in [0.4, 0.5) is 19.0 Å². The van der Waals surface area contributed by atoms with Gasteiger partial charge in [0.2, 0.25) is 5.91 Å². The molecule has 1 atom stereocenters. The lowest BCUT2D eigenvalue weighted by molar-refractivity contribution is -0.139. The molecule has 0 spiro atoms. The molecule has 1 aromatic carbocycles. The standard InChI is InChI=1S/C19H21F3N4O/c1-3-13-9-23-12(2)24-18(13)25-15-8-17(27)26(11-15)10-14-6-4-5-7-16(14)19(20,21)22/h4-7,9,15H,3,8,10-11H2,1-2H3,(H,23,24,25). The van der Waals surface area contributed by atoms with Gasteiger partial charge in [0.15, 0.2) is 0 Å². The summed E-state index contributed by atoms with van der Waals surface area (Å²) in [6.45, 7) is 4.04. The van der Waals surface area contributed by atoms with Gasteiger partial charge in [-0.2, -0.15) is 13.2 Å². The van der Waals surface area contributed by atoms with E-state index in [0.29, 0.717) is 18.2 Å². The topological polar surface area (TPSA) is 58.1 Å². The van der Waals surface area contributed by atoms with Crippen LogP contribution in [0.15, 0.2) is 30.5 Å². The van der Waals surface area contributed by atoms with Gasteiger partial charge in [0.05, 0.1) is 11.6 Å². The normalized spacial score (nSPS) is 17.4. The van der Waals surface area contributed by atoms with Crippen LogP contribution in [0.3, 0.4) is 0 Å². The minimum Gasteiger partial charge on any atom is -0.365 e. The predicted molar refractivity (Wildman–Crippen MR) is 95.0 cm³/mol. The molecule has 1 aromatic heterocycles. The molecular weight excluding hydrogens is 357 g/mol. The third kappa shape index (κ3) is 4.37. The second-order valence-electron chi connectivity index (χ2n) is 6.62. The lowest BCUT2D eigenvalue weighted by Crippen LogP contribution is -2.29. The summed E-state index contributed by atoms with van der Waals surface area (Å²) in [7, 11) is 0. The lowest BCUT2D eigenvalue weighted by atomic mass is 10.1. The van der Waals surface area contributed by atoms with Gasteiger partial charge < -0.3 is 10.2 Å². The number of halogens is 3. The van der Waals surface area contributed by atoms with Gasteiger partial charge in [0, 0.05) is 31.3 Å². The number of hydrogen-bond donors (Lipinski definition) is 1. The first-order chi connectivity index (χ1) is 12.8. The van der Waals surface area contributed by atoms with E-state index >= 15 is 0 Å². The first-order valence-electron chi connectivity index (χ1n) is 8.80. The number of alkyl halides is 3. The Labute approximate surface area is 155 Å². The number of aryl methyl sites for hydroxylation is 2. The number of likely N-dealkylation sites (tertiary alicyclic amines) is 1. The van der Waals surface area contributed by atoms with E-state index in [-0.39, 0.29) is 30.5 Å². The Morgan fingerprint density at radius 2 is 2.00 bits per heavy atom. The molecular formula is C19H21F3N4O. The number of hydrogen-bond acceptors (Lipinski definition) is 4. The fourth-order valence-electron chi connectivity index (χ4n) is 3.23. The molecule has 1 saturated heterocycles. The van der Waals surface area contributed by atoms with Crippen LogP contribution >= 0.6 is 0 Å². The Hall–Kier alpha value is -2.64. The highest BCUT2D eigenvalue weighted by molar-refractivity contribution is 5.80. The second-order valence-corrected chi connectivity index (χ2v) is 6.62. The largest absolute Gasteiger partial charge is 0.416 e. The highest BCUT2D eigenvalue weighted by atomic mass is 19.4. The molecule has 1 fully saturated rings. The van der Waals surface area contributed by atoms with Crippen molar-refractivity contribution in [3.63, 3.8) is 0 Å². The van der Waals surface area contributed by atoms with E-state index in [2.05, 4.69) is 15.3 Å². The Bertz CT molecular complexity index is 838. The third-order valence-corrected chi connectivity index (χ3v) is 4.61. The summed E-state index contributed by atoms with van der Waals surface area (Å²) in [6.07, 6.45) is -1.73. The zero-order valence-electron chi connectivity index (χ0n) is 15.2. The van der Waals surface area contributed by atoms with E-state index in [1.54, 1.807) is 19.2 Å². The number of amides is 1. The molecule has 3 rings (SSSR count). The molecule has 0 saturated carbocycles. The van der Waals surface area contributed by atoms with Gasteiger partial charge in [0.1, 0.15) is 11.6 Å². The smallest absolute Gasteiger partial charge is 0.365 e. The minimum atomic E-state index is -4.44. The number of benzene rings is 1. The number of carbonyl (C=O) groups is 1. The maximum Gasteiger partial charge on any atom is 0.416 e. The van der Waals surface area contributed by atoms with E-state index in [9.17, 15) is 18.0 Å². The lowest BCUT2D eigenvalue weighted by Gasteiger charge is -2.20. The minimum absolute atomic E-state index is 0.0594. The quantitative estimate of drug-likeness (QED) is 0.864. The molecule has 5 nitrogen and oxygen atoms in total. The molecule has 1 unspecified atom stereocenters. The van der Waals surface area contributed by atoms with Crippen LogP contribution in [-0.4, -0.2) is 33.4 Å². The Kier molecular flexibility index (Phi) is 5.34. The van der Waals surface area contributed by atoms with Crippen LogP contribution in [0, 0.1) is 6.92 Å². The zero-order chi connectivity index (χ0) is 19.6. The van der Waals surface area contributed by atoms with Crippen molar-refractivity contribution < 1.29 is 18.0 Å². The Morgan fingerprint density at radius 1 is 1.26 bits per heavy atom. The molecule has 27 heavy (non-hydrogen) atoms. The summed E-state index contributed by atoms with van der Waals surface area (Å²) < 4.78 is 39.5. The predicted octanol–water partition coefficient (Wildman–Crippen LogP) is 3.58. The summed E-state index contributed by atoms with van der Waals surface area (Å²) in [6, 6.07) is 5.17. The van der Waals surface area contributed by atoms with Crippen molar-refractivity contribution in [3.05, 3.63) is 53.0 Å². The van der Waals surface area contributed by atoms with Crippen LogP contribution in [-0.2, 0) is 23.9 Å². The summed E-state index contributed by atoms with van der Waals surface area (Å²) >= 11 is 0. The fourth-order valence-corrected chi connectivity index (χ4v) is 3.23. The van der Waals surface area contributed by atoms with Crippen molar-refractivity contribution >= 4 is 11.7 Å². The van der Waals surface area contributed by atoms with Crippen molar-refractivity contribution in [2.75, 3.05) is 11.9 Å². The van der Waals surface area contributed by atoms with Crippen molar-refractivity contribution in [3.8, 4) is 0 Å². The van der Waals surface area contributed by atoms with E-state index in [1.165, 1.54) is 17.0 Å². The average molecular weight is 378 g/mol. The molecule has 1 N–H and O–H groups in total.